The van der Waals surface area contributed by atoms with Crippen LogP contribution in [0.1, 0.15) is 18.4 Å². The van der Waals surface area contributed by atoms with E-state index in [1.54, 1.807) is 6.20 Å². The number of fused-ring (bicyclic) bond motifs is 1. The number of para-hydroxylation sites is 1. The molecule has 188 valence electrons. The quantitative estimate of drug-likeness (QED) is 0.319. The van der Waals surface area contributed by atoms with Gasteiger partial charge in [0.05, 0.1) is 17.4 Å². The van der Waals surface area contributed by atoms with Gasteiger partial charge in [0, 0.05) is 48.5 Å². The van der Waals surface area contributed by atoms with Crippen LogP contribution in [0, 0.1) is 5.41 Å². The maximum absolute atomic E-state index is 13.1. The molecule has 1 N–H and O–H groups in total. The smallest absolute Gasteiger partial charge is 0.321 e. The average molecular weight is 513 g/mol. The molecule has 6 nitrogen and oxygen atoms in total. The molecule has 0 aliphatic carbocycles. The molecular weight excluding hydrogens is 484 g/mol. The molecule has 4 aromatic rings. The van der Waals surface area contributed by atoms with Gasteiger partial charge in [-0.15, -0.1) is 0 Å². The van der Waals surface area contributed by atoms with Crippen molar-refractivity contribution in [3.8, 4) is 11.5 Å². The predicted molar refractivity (Wildman–Crippen MR) is 147 cm³/mol. The fourth-order valence-corrected chi connectivity index (χ4v) is 5.73. The highest BCUT2D eigenvalue weighted by Gasteiger charge is 2.46. The molecule has 3 heterocycles. The molecule has 2 aliphatic rings. The minimum absolute atomic E-state index is 0.0401. The van der Waals surface area contributed by atoms with Crippen molar-refractivity contribution in [3.05, 3.63) is 95.6 Å². The molecule has 2 aliphatic heterocycles. The molecule has 6 rings (SSSR count). The number of carbonyl (C=O) groups is 1. The number of pyridine rings is 1. The average Bonchev–Trinajstić information content (AvgIpc) is 2.89. The van der Waals surface area contributed by atoms with Crippen LogP contribution in [-0.4, -0.2) is 47.0 Å². The third-order valence-electron chi connectivity index (χ3n) is 7.26. The van der Waals surface area contributed by atoms with Gasteiger partial charge in [-0.25, -0.2) is 4.79 Å². The summed E-state index contributed by atoms with van der Waals surface area (Å²) in [7, 11) is 0. The molecule has 0 bridgehead atoms. The molecule has 37 heavy (non-hydrogen) atoms. The number of urea groups is 1. The van der Waals surface area contributed by atoms with Gasteiger partial charge in [-0.3, -0.25) is 9.88 Å². The summed E-state index contributed by atoms with van der Waals surface area (Å²) in [6.07, 6.45) is 3.92. The zero-order valence-electron chi connectivity index (χ0n) is 20.6. The number of piperidine rings is 1. The topological polar surface area (TPSA) is 57.7 Å². The Balaban J connectivity index is 1.04. The summed E-state index contributed by atoms with van der Waals surface area (Å²) in [5, 5.41) is 4.77. The van der Waals surface area contributed by atoms with Crippen LogP contribution in [0.2, 0.25) is 5.02 Å². The Morgan fingerprint density at radius 2 is 1.81 bits per heavy atom. The Hall–Kier alpha value is -3.61. The molecule has 0 unspecified atom stereocenters. The van der Waals surface area contributed by atoms with Gasteiger partial charge in [0.15, 0.2) is 0 Å². The van der Waals surface area contributed by atoms with Crippen LogP contribution in [-0.2, 0) is 6.54 Å². The van der Waals surface area contributed by atoms with Crippen molar-refractivity contribution < 1.29 is 9.53 Å². The maximum Gasteiger partial charge on any atom is 0.321 e. The summed E-state index contributed by atoms with van der Waals surface area (Å²) in [5.74, 6) is 1.59. The van der Waals surface area contributed by atoms with Crippen LogP contribution >= 0.6 is 11.6 Å². The number of amides is 2. The van der Waals surface area contributed by atoms with Crippen LogP contribution in [0.5, 0.6) is 11.5 Å². The summed E-state index contributed by atoms with van der Waals surface area (Å²) in [6, 6.07) is 25.5. The Morgan fingerprint density at radius 1 is 0.973 bits per heavy atom. The minimum atomic E-state index is -0.0401. The Labute approximate surface area is 221 Å². The second kappa shape index (κ2) is 10.0. The summed E-state index contributed by atoms with van der Waals surface area (Å²) in [5.41, 5.74) is 3.05. The molecular formula is C30H29ClN4O2. The fraction of sp³-hybridized carbons (Fsp3) is 0.267. The lowest BCUT2D eigenvalue weighted by molar-refractivity contribution is -0.0475. The lowest BCUT2D eigenvalue weighted by atomic mass is 9.73. The van der Waals surface area contributed by atoms with Crippen molar-refractivity contribution >= 4 is 34.2 Å². The van der Waals surface area contributed by atoms with Crippen LogP contribution in [0.15, 0.2) is 85.1 Å². The molecule has 0 radical (unpaired) electrons. The normalized spacial score (nSPS) is 16.9. The van der Waals surface area contributed by atoms with E-state index >= 15 is 0 Å². The van der Waals surface area contributed by atoms with Crippen molar-refractivity contribution in [2.24, 2.45) is 5.41 Å². The van der Waals surface area contributed by atoms with E-state index in [1.165, 1.54) is 5.56 Å². The van der Waals surface area contributed by atoms with Gasteiger partial charge in [-0.2, -0.15) is 0 Å². The Kier molecular flexibility index (Phi) is 6.45. The Morgan fingerprint density at radius 3 is 2.68 bits per heavy atom. The van der Waals surface area contributed by atoms with Gasteiger partial charge in [0.2, 0.25) is 0 Å². The first-order valence-corrected chi connectivity index (χ1v) is 13.1. The van der Waals surface area contributed by atoms with E-state index in [-0.39, 0.29) is 11.4 Å². The van der Waals surface area contributed by atoms with Crippen molar-refractivity contribution in [3.63, 3.8) is 0 Å². The van der Waals surface area contributed by atoms with Gasteiger partial charge >= 0.3 is 6.03 Å². The monoisotopic (exact) mass is 512 g/mol. The van der Waals surface area contributed by atoms with E-state index < -0.39 is 0 Å². The highest BCUT2D eigenvalue weighted by molar-refractivity contribution is 6.30. The number of carbonyl (C=O) groups excluding carboxylic acids is 1. The van der Waals surface area contributed by atoms with Crippen LogP contribution < -0.4 is 10.1 Å². The van der Waals surface area contributed by atoms with Crippen molar-refractivity contribution in [1.29, 1.82) is 0 Å². The third kappa shape index (κ3) is 5.41. The van der Waals surface area contributed by atoms with Gasteiger partial charge in [0.1, 0.15) is 11.5 Å². The van der Waals surface area contributed by atoms with Crippen molar-refractivity contribution in [1.82, 2.24) is 14.8 Å². The standard InChI is InChI=1S/C30H29ClN4O2/c31-24-9-11-26(12-10-24)37-27-7-3-5-22(15-27)18-34-19-30(20-34)13-4-14-35(21-30)29(36)33-25-16-23-6-1-2-8-28(23)32-17-25/h1-3,5-12,15-17H,4,13-14,18-21H2,(H,33,36). The number of hydrogen-bond donors (Lipinski definition) is 1. The van der Waals surface area contributed by atoms with Crippen LogP contribution in [0.3, 0.4) is 0 Å². The number of ether oxygens (including phenoxy) is 1. The van der Waals surface area contributed by atoms with Gasteiger partial charge in [-0.05, 0) is 66.9 Å². The summed E-state index contributed by atoms with van der Waals surface area (Å²) >= 11 is 5.97. The predicted octanol–water partition coefficient (Wildman–Crippen LogP) is 6.81. The van der Waals surface area contributed by atoms with E-state index in [0.717, 1.165) is 73.7 Å². The number of likely N-dealkylation sites (tertiary alicyclic amines) is 2. The van der Waals surface area contributed by atoms with Crippen LogP contribution in [0.4, 0.5) is 10.5 Å². The van der Waals surface area contributed by atoms with Crippen molar-refractivity contribution in [2.45, 2.75) is 19.4 Å². The number of nitrogens with one attached hydrogen (secondary N) is 1. The summed E-state index contributed by atoms with van der Waals surface area (Å²) < 4.78 is 6.00. The molecule has 7 heteroatoms. The van der Waals surface area contributed by atoms with Gasteiger partial charge in [-0.1, -0.05) is 41.9 Å². The van der Waals surface area contributed by atoms with Gasteiger partial charge < -0.3 is 15.0 Å². The molecule has 3 aromatic carbocycles. The SMILES string of the molecule is O=C(Nc1cnc2ccccc2c1)N1CCCC2(CN(Cc3cccc(Oc4ccc(Cl)cc4)c3)C2)C1. The highest BCUT2D eigenvalue weighted by Crippen LogP contribution is 2.40. The number of hydrogen-bond acceptors (Lipinski definition) is 4. The number of aromatic nitrogens is 1. The molecule has 1 spiro atoms. The van der Waals surface area contributed by atoms with E-state index in [9.17, 15) is 4.79 Å². The number of rotatable bonds is 5. The second-order valence-corrected chi connectivity index (χ2v) is 10.7. The zero-order valence-corrected chi connectivity index (χ0v) is 21.3. The number of nitrogens with zero attached hydrogens (tertiary/aromatic N) is 3. The molecule has 0 atom stereocenters. The number of benzene rings is 3. The van der Waals surface area contributed by atoms with E-state index in [4.69, 9.17) is 16.3 Å². The lowest BCUT2D eigenvalue weighted by Crippen LogP contribution is -2.63. The maximum atomic E-state index is 13.1. The number of halogens is 1. The summed E-state index contributed by atoms with van der Waals surface area (Å²) in [4.78, 5) is 21.9. The van der Waals surface area contributed by atoms with Crippen LogP contribution in [0.25, 0.3) is 10.9 Å². The Bertz CT molecular complexity index is 1420. The zero-order chi connectivity index (χ0) is 25.2. The first-order chi connectivity index (χ1) is 18.0. The van der Waals surface area contributed by atoms with E-state index in [1.807, 2.05) is 71.6 Å². The van der Waals surface area contributed by atoms with Crippen molar-refractivity contribution in [2.75, 3.05) is 31.5 Å². The molecule has 2 saturated heterocycles. The lowest BCUT2D eigenvalue weighted by Gasteiger charge is -2.54. The molecule has 0 saturated carbocycles. The molecule has 2 amide bonds. The summed E-state index contributed by atoms with van der Waals surface area (Å²) in [6.45, 7) is 4.44. The first kappa shape index (κ1) is 23.8. The fourth-order valence-electron chi connectivity index (χ4n) is 5.60. The molecule has 2 fully saturated rings. The second-order valence-electron chi connectivity index (χ2n) is 10.2. The molecule has 1 aromatic heterocycles. The largest absolute Gasteiger partial charge is 0.457 e. The first-order valence-electron chi connectivity index (χ1n) is 12.7. The van der Waals surface area contributed by atoms with E-state index in [2.05, 4.69) is 27.3 Å². The van der Waals surface area contributed by atoms with E-state index in [0.29, 0.717) is 5.02 Å². The number of anilines is 1. The highest BCUT2D eigenvalue weighted by atomic mass is 35.5. The van der Waals surface area contributed by atoms with Gasteiger partial charge in [0.25, 0.3) is 0 Å². The third-order valence-corrected chi connectivity index (χ3v) is 7.51. The minimum Gasteiger partial charge on any atom is -0.457 e.